The Bertz CT molecular complexity index is 1490. The van der Waals surface area contributed by atoms with E-state index in [2.05, 4.69) is 10.4 Å². The van der Waals surface area contributed by atoms with Gasteiger partial charge in [-0.15, -0.1) is 0 Å². The fourth-order valence-electron chi connectivity index (χ4n) is 4.72. The zero-order valence-electron chi connectivity index (χ0n) is 18.9. The maximum Gasteiger partial charge on any atom is 0.272 e. The number of hydrogen-bond acceptors (Lipinski definition) is 5. The molecule has 1 aliphatic heterocycles. The molecule has 2 aliphatic rings. The molecule has 1 saturated carbocycles. The lowest BCUT2D eigenvalue weighted by atomic mass is 10.0. The molecule has 3 aromatic rings. The van der Waals surface area contributed by atoms with Crippen molar-refractivity contribution >= 4 is 50.6 Å². The van der Waals surface area contributed by atoms with Gasteiger partial charge in [-0.3, -0.25) is 4.79 Å². The molecule has 0 bridgehead atoms. The van der Waals surface area contributed by atoms with Crippen molar-refractivity contribution in [1.82, 2.24) is 15.1 Å². The Morgan fingerprint density at radius 1 is 1.14 bits per heavy atom. The van der Waals surface area contributed by atoms with Gasteiger partial charge in [-0.2, -0.15) is 5.10 Å². The molecule has 11 heteroatoms. The molecule has 0 saturated heterocycles. The van der Waals surface area contributed by atoms with Gasteiger partial charge >= 0.3 is 0 Å². The summed E-state index contributed by atoms with van der Waals surface area (Å²) in [4.78, 5) is 13.3. The van der Waals surface area contributed by atoms with E-state index in [4.69, 9.17) is 23.2 Å². The first-order chi connectivity index (χ1) is 17.1. The van der Waals surface area contributed by atoms with Crippen LogP contribution in [-0.2, 0) is 15.6 Å². The number of nitrogens with zero attached hydrogens (tertiary/aromatic N) is 2. The quantitative estimate of drug-likeness (QED) is 0.501. The van der Waals surface area contributed by atoms with Crippen LogP contribution in [0, 0.1) is 5.82 Å². The summed E-state index contributed by atoms with van der Waals surface area (Å²) >= 11 is 12.6. The Labute approximate surface area is 217 Å². The second-order valence-electron chi connectivity index (χ2n) is 9.01. The summed E-state index contributed by atoms with van der Waals surface area (Å²) in [6.45, 7) is 0. The summed E-state index contributed by atoms with van der Waals surface area (Å²) in [6.07, 6.45) is 2.94. The summed E-state index contributed by atoms with van der Waals surface area (Å²) in [5.41, 5.74) is 2.01. The second kappa shape index (κ2) is 9.63. The van der Waals surface area contributed by atoms with Gasteiger partial charge < -0.3 is 10.4 Å². The van der Waals surface area contributed by atoms with Gasteiger partial charge in [0, 0.05) is 10.6 Å². The molecule has 7 nitrogen and oxygen atoms in total. The molecule has 2 aromatic carbocycles. The number of aliphatic hydroxyl groups excluding tert-OH is 1. The van der Waals surface area contributed by atoms with E-state index in [1.165, 1.54) is 35.0 Å². The van der Waals surface area contributed by atoms with Crippen LogP contribution in [0.5, 0.6) is 0 Å². The van der Waals surface area contributed by atoms with Crippen molar-refractivity contribution < 1.29 is 22.7 Å². The molecule has 0 radical (unpaired) electrons. The molecule has 0 unspecified atom stereocenters. The molecule has 2 N–H and O–H groups in total. The third kappa shape index (κ3) is 4.93. The van der Waals surface area contributed by atoms with Gasteiger partial charge in [0.05, 0.1) is 40.1 Å². The highest BCUT2D eigenvalue weighted by atomic mass is 35.5. The second-order valence-corrected chi connectivity index (χ2v) is 11.9. The summed E-state index contributed by atoms with van der Waals surface area (Å²) in [6, 6.07) is 9.99. The fraction of sp³-hybridized carbons (Fsp3) is 0.280. The van der Waals surface area contributed by atoms with Gasteiger partial charge in [-0.25, -0.2) is 17.5 Å². The van der Waals surface area contributed by atoms with E-state index in [0.29, 0.717) is 40.4 Å². The van der Waals surface area contributed by atoms with Crippen LogP contribution in [0.15, 0.2) is 42.5 Å². The average molecular weight is 550 g/mol. The monoisotopic (exact) mass is 549 g/mol. The van der Waals surface area contributed by atoms with Gasteiger partial charge in [-0.05, 0) is 66.8 Å². The predicted octanol–water partition coefficient (Wildman–Crippen LogP) is 4.43. The van der Waals surface area contributed by atoms with Crippen molar-refractivity contribution in [3.8, 4) is 5.69 Å². The highest BCUT2D eigenvalue weighted by molar-refractivity contribution is 7.91. The average Bonchev–Trinajstić information content (AvgIpc) is 3.38. The number of hydrogen-bond donors (Lipinski definition) is 2. The minimum absolute atomic E-state index is 0.0524. The van der Waals surface area contributed by atoms with Crippen LogP contribution in [0.4, 0.5) is 4.39 Å². The standard InChI is InChI=1S/C25H22Cl2FN3O4S/c26-16-6-9-21(19(27)11-16)31-24-15(10-14-4-7-17(28)8-5-14)12-36(34,35)13-18(24)23(30-31)25(33)29-20-2-1-3-22(20)32/h4-11,20,22,32H,1-3,12-13H2,(H,29,33)/t20-,22-/m1/s1. The first-order valence-electron chi connectivity index (χ1n) is 11.3. The molecular weight excluding hydrogens is 528 g/mol. The van der Waals surface area contributed by atoms with Gasteiger partial charge in [0.25, 0.3) is 5.91 Å². The summed E-state index contributed by atoms with van der Waals surface area (Å²) in [5, 5.41) is 18.2. The fourth-order valence-corrected chi connectivity index (χ4v) is 6.72. The van der Waals surface area contributed by atoms with E-state index in [1.54, 1.807) is 18.2 Å². The van der Waals surface area contributed by atoms with Crippen molar-refractivity contribution in [2.24, 2.45) is 0 Å². The van der Waals surface area contributed by atoms with Crippen molar-refractivity contribution in [1.29, 1.82) is 0 Å². The number of aromatic nitrogens is 2. The largest absolute Gasteiger partial charge is 0.391 e. The zero-order chi connectivity index (χ0) is 25.6. The molecule has 5 rings (SSSR count). The smallest absolute Gasteiger partial charge is 0.272 e. The molecule has 0 spiro atoms. The van der Waals surface area contributed by atoms with E-state index in [0.717, 1.165) is 6.42 Å². The third-order valence-corrected chi connectivity index (χ3v) is 8.40. The molecule has 1 amide bonds. The Morgan fingerprint density at radius 3 is 2.56 bits per heavy atom. The van der Waals surface area contributed by atoms with Crippen LogP contribution in [0.3, 0.4) is 0 Å². The highest BCUT2D eigenvalue weighted by Gasteiger charge is 2.36. The molecular formula is C25H22Cl2FN3O4S. The summed E-state index contributed by atoms with van der Waals surface area (Å²) < 4.78 is 40.8. The van der Waals surface area contributed by atoms with Gasteiger partial charge in [0.2, 0.25) is 0 Å². The Morgan fingerprint density at radius 2 is 1.89 bits per heavy atom. The van der Waals surface area contributed by atoms with Crippen LogP contribution >= 0.6 is 23.2 Å². The molecule has 188 valence electrons. The molecule has 2 heterocycles. The number of rotatable bonds is 4. The van der Waals surface area contributed by atoms with Crippen molar-refractivity contribution in [2.75, 3.05) is 5.75 Å². The first-order valence-corrected chi connectivity index (χ1v) is 13.9. The summed E-state index contributed by atoms with van der Waals surface area (Å²) in [5.74, 6) is -1.67. The maximum absolute atomic E-state index is 13.5. The lowest BCUT2D eigenvalue weighted by molar-refractivity contribution is 0.0867. The number of nitrogens with one attached hydrogen (secondary N) is 1. The predicted molar refractivity (Wildman–Crippen MR) is 136 cm³/mol. The number of sulfone groups is 1. The minimum Gasteiger partial charge on any atom is -0.391 e. The van der Waals surface area contributed by atoms with Crippen LogP contribution < -0.4 is 5.32 Å². The first kappa shape index (κ1) is 25.0. The number of carbonyl (C=O) groups is 1. The number of carbonyl (C=O) groups excluding carboxylic acids is 1. The lowest BCUT2D eigenvalue weighted by Crippen LogP contribution is -2.40. The van der Waals surface area contributed by atoms with Crippen molar-refractivity contribution in [3.63, 3.8) is 0 Å². The molecule has 2 atom stereocenters. The molecule has 36 heavy (non-hydrogen) atoms. The Balaban J connectivity index is 1.70. The molecule has 1 aliphatic carbocycles. The number of fused-ring (bicyclic) bond motifs is 1. The topological polar surface area (TPSA) is 101 Å². The number of aliphatic hydroxyl groups is 1. The number of benzene rings is 2. The molecule has 1 aromatic heterocycles. The van der Waals surface area contributed by atoms with E-state index >= 15 is 0 Å². The van der Waals surface area contributed by atoms with E-state index in [-0.39, 0.29) is 27.8 Å². The third-order valence-electron chi connectivity index (χ3n) is 6.39. The van der Waals surface area contributed by atoms with E-state index in [1.807, 2.05) is 0 Å². The Kier molecular flexibility index (Phi) is 6.67. The number of amides is 1. The zero-order valence-corrected chi connectivity index (χ0v) is 21.2. The van der Waals surface area contributed by atoms with Crippen molar-refractivity contribution in [2.45, 2.75) is 37.2 Å². The highest BCUT2D eigenvalue weighted by Crippen LogP contribution is 2.37. The van der Waals surface area contributed by atoms with Crippen LogP contribution in [0.1, 0.15) is 46.6 Å². The summed E-state index contributed by atoms with van der Waals surface area (Å²) in [7, 11) is -3.63. The normalized spacial score (nSPS) is 21.9. The van der Waals surface area contributed by atoms with Crippen LogP contribution in [0.25, 0.3) is 17.3 Å². The van der Waals surface area contributed by atoms with E-state index < -0.39 is 33.7 Å². The number of halogens is 3. The minimum atomic E-state index is -3.63. The van der Waals surface area contributed by atoms with Crippen LogP contribution in [-0.4, -0.2) is 47.1 Å². The van der Waals surface area contributed by atoms with Gasteiger partial charge in [0.15, 0.2) is 15.5 Å². The van der Waals surface area contributed by atoms with E-state index in [9.17, 15) is 22.7 Å². The Hall–Kier alpha value is -2.72. The lowest BCUT2D eigenvalue weighted by Gasteiger charge is -2.20. The SMILES string of the molecule is O=C(N[C@@H]1CCC[C@H]1O)c1nn(-c2ccc(Cl)cc2Cl)c2c1CS(=O)(=O)CC2=Cc1ccc(F)cc1. The maximum atomic E-state index is 13.5. The van der Waals surface area contributed by atoms with Crippen LogP contribution in [0.2, 0.25) is 10.0 Å². The van der Waals surface area contributed by atoms with Crippen molar-refractivity contribution in [3.05, 3.63) is 80.8 Å². The van der Waals surface area contributed by atoms with Gasteiger partial charge in [0.1, 0.15) is 5.82 Å². The van der Waals surface area contributed by atoms with Gasteiger partial charge in [-0.1, -0.05) is 35.3 Å². The molecule has 1 fully saturated rings.